The fourth-order valence-corrected chi connectivity index (χ4v) is 1.38. The van der Waals surface area contributed by atoms with Crippen LogP contribution in [0.25, 0.3) is 0 Å². The van der Waals surface area contributed by atoms with E-state index in [1.165, 1.54) is 12.1 Å². The van der Waals surface area contributed by atoms with Crippen LogP contribution in [0.2, 0.25) is 0 Å². The molecule has 1 aromatic rings. The van der Waals surface area contributed by atoms with Gasteiger partial charge in [-0.25, -0.2) is 0 Å². The van der Waals surface area contributed by atoms with Crippen molar-refractivity contribution in [3.8, 4) is 11.5 Å². The largest absolute Gasteiger partial charge is 0.490 e. The highest BCUT2D eigenvalue weighted by Crippen LogP contribution is 2.27. The first kappa shape index (κ1) is 15.4. The Bertz CT molecular complexity index is 419. The van der Waals surface area contributed by atoms with E-state index in [1.807, 2.05) is 19.1 Å². The average molecular weight is 274 g/mol. The van der Waals surface area contributed by atoms with Gasteiger partial charge in [-0.1, -0.05) is 12.2 Å². The minimum absolute atomic E-state index is 0.00829. The summed E-state index contributed by atoms with van der Waals surface area (Å²) in [5.74, 6) is -2.58. The fraction of sp³-hybridized carbons (Fsp3) is 0.429. The number of allylic oxidation sites excluding steroid dienone is 1. The summed E-state index contributed by atoms with van der Waals surface area (Å²) < 4.78 is 49.1. The van der Waals surface area contributed by atoms with Crippen LogP contribution in [0.4, 0.5) is 13.2 Å². The highest BCUT2D eigenvalue weighted by molar-refractivity contribution is 5.35. The maximum Gasteiger partial charge on any atom is 0.204 e. The van der Waals surface area contributed by atoms with Crippen LogP contribution in [0.15, 0.2) is 24.3 Å². The third-order valence-electron chi connectivity index (χ3n) is 2.32. The van der Waals surface area contributed by atoms with Gasteiger partial charge >= 0.3 is 0 Å². The van der Waals surface area contributed by atoms with E-state index in [1.54, 1.807) is 0 Å². The first-order chi connectivity index (χ1) is 9.20. The second kappa shape index (κ2) is 8.45. The van der Waals surface area contributed by atoms with Gasteiger partial charge in [0.1, 0.15) is 0 Å². The number of hydrogen-bond donors (Lipinski definition) is 0. The molecule has 0 fully saturated rings. The molecule has 0 amide bonds. The van der Waals surface area contributed by atoms with E-state index in [0.717, 1.165) is 0 Å². The molecule has 0 saturated heterocycles. The van der Waals surface area contributed by atoms with Crippen molar-refractivity contribution in [2.75, 3.05) is 19.9 Å². The third-order valence-corrected chi connectivity index (χ3v) is 2.32. The van der Waals surface area contributed by atoms with Gasteiger partial charge in [0.05, 0.1) is 19.9 Å². The summed E-state index contributed by atoms with van der Waals surface area (Å²) in [6.45, 7) is 1.58. The van der Waals surface area contributed by atoms with Gasteiger partial charge in [0, 0.05) is 6.42 Å². The summed E-state index contributed by atoms with van der Waals surface area (Å²) in [7, 11) is 0. The highest BCUT2D eigenvalue weighted by atomic mass is 19.2. The van der Waals surface area contributed by atoms with Gasteiger partial charge in [-0.15, -0.1) is 0 Å². The molecule has 1 rings (SSSR count). The van der Waals surface area contributed by atoms with Crippen molar-refractivity contribution in [1.29, 1.82) is 0 Å². The first-order valence-corrected chi connectivity index (χ1v) is 6.11. The van der Waals surface area contributed by atoms with Crippen molar-refractivity contribution in [2.45, 2.75) is 19.8 Å². The molecule has 0 aromatic heterocycles. The second-order valence-corrected chi connectivity index (χ2v) is 3.79. The van der Waals surface area contributed by atoms with Crippen LogP contribution < -0.4 is 9.47 Å². The minimum atomic E-state index is -1.11. The molecule has 0 heterocycles. The normalized spacial score (nSPS) is 10.9. The molecular weight excluding hydrogens is 257 g/mol. The lowest BCUT2D eigenvalue weighted by Crippen LogP contribution is -2.04. The van der Waals surface area contributed by atoms with Gasteiger partial charge in [-0.3, -0.25) is 4.39 Å². The van der Waals surface area contributed by atoms with Crippen LogP contribution >= 0.6 is 0 Å². The van der Waals surface area contributed by atoms with Crippen molar-refractivity contribution < 1.29 is 22.6 Å². The molecule has 106 valence electrons. The lowest BCUT2D eigenvalue weighted by atomic mass is 10.3. The van der Waals surface area contributed by atoms with Crippen LogP contribution in [-0.2, 0) is 0 Å². The number of rotatable bonds is 8. The molecule has 0 spiro atoms. The zero-order valence-electron chi connectivity index (χ0n) is 10.8. The molecule has 0 aliphatic heterocycles. The highest BCUT2D eigenvalue weighted by Gasteiger charge is 2.15. The van der Waals surface area contributed by atoms with Crippen molar-refractivity contribution in [2.24, 2.45) is 0 Å². The van der Waals surface area contributed by atoms with E-state index in [2.05, 4.69) is 0 Å². The Kier molecular flexibility index (Phi) is 6.85. The molecule has 0 radical (unpaired) electrons. The summed E-state index contributed by atoms with van der Waals surface area (Å²) in [4.78, 5) is 0. The zero-order valence-corrected chi connectivity index (χ0v) is 10.8. The van der Waals surface area contributed by atoms with Crippen molar-refractivity contribution >= 4 is 0 Å². The number of benzene rings is 1. The van der Waals surface area contributed by atoms with E-state index in [-0.39, 0.29) is 31.1 Å². The average Bonchev–Trinajstić information content (AvgIpc) is 2.42. The van der Waals surface area contributed by atoms with Crippen molar-refractivity contribution in [3.63, 3.8) is 0 Å². The summed E-state index contributed by atoms with van der Waals surface area (Å²) in [5.41, 5.74) is 0. The minimum Gasteiger partial charge on any atom is -0.490 e. The Balaban J connectivity index is 2.63. The van der Waals surface area contributed by atoms with Gasteiger partial charge < -0.3 is 9.47 Å². The predicted molar refractivity (Wildman–Crippen MR) is 67.4 cm³/mol. The number of halogens is 3. The van der Waals surface area contributed by atoms with E-state index >= 15 is 0 Å². The number of hydrogen-bond acceptors (Lipinski definition) is 2. The molecule has 0 N–H and O–H groups in total. The maximum absolute atomic E-state index is 13.6. The molecule has 1 aromatic carbocycles. The second-order valence-electron chi connectivity index (χ2n) is 3.79. The smallest absolute Gasteiger partial charge is 0.204 e. The van der Waals surface area contributed by atoms with E-state index in [9.17, 15) is 13.2 Å². The third kappa shape index (κ3) is 4.85. The van der Waals surface area contributed by atoms with E-state index in [4.69, 9.17) is 9.47 Å². The van der Waals surface area contributed by atoms with Gasteiger partial charge in [0.25, 0.3) is 0 Å². The quantitative estimate of drug-likeness (QED) is 0.526. The SMILES string of the molecule is C/C=C\CCOc1ccc(OCCCF)c(F)c1F. The van der Waals surface area contributed by atoms with Gasteiger partial charge in [-0.05, 0) is 25.5 Å². The van der Waals surface area contributed by atoms with Gasteiger partial charge in [0.15, 0.2) is 11.5 Å². The predicted octanol–water partition coefficient (Wildman–Crippen LogP) is 4.05. The monoisotopic (exact) mass is 274 g/mol. The summed E-state index contributed by atoms with van der Waals surface area (Å²) in [6.07, 6.45) is 4.47. The van der Waals surface area contributed by atoms with Crippen molar-refractivity contribution in [1.82, 2.24) is 0 Å². The van der Waals surface area contributed by atoms with Gasteiger partial charge in [0.2, 0.25) is 11.6 Å². The Morgan fingerprint density at radius 3 is 2.16 bits per heavy atom. The standard InChI is InChI=1S/C14H17F3O2/c1-2-3-4-9-18-11-6-7-12(14(17)13(11)16)19-10-5-8-15/h2-3,6-7H,4-5,8-10H2,1H3/b3-2-. The molecule has 5 heteroatoms. The topological polar surface area (TPSA) is 18.5 Å². The zero-order chi connectivity index (χ0) is 14.1. The summed E-state index contributed by atoms with van der Waals surface area (Å²) >= 11 is 0. The summed E-state index contributed by atoms with van der Waals surface area (Å²) in [6, 6.07) is 2.58. The van der Waals surface area contributed by atoms with E-state index in [0.29, 0.717) is 6.42 Å². The Hall–Kier alpha value is -1.65. The molecular formula is C14H17F3O2. The number of ether oxygens (including phenoxy) is 2. The molecule has 2 nitrogen and oxygen atoms in total. The van der Waals surface area contributed by atoms with Crippen LogP contribution in [0.1, 0.15) is 19.8 Å². The molecule has 0 unspecified atom stereocenters. The molecule has 0 saturated carbocycles. The molecule has 0 aliphatic carbocycles. The lowest BCUT2D eigenvalue weighted by Gasteiger charge is -2.10. The maximum atomic E-state index is 13.6. The lowest BCUT2D eigenvalue weighted by molar-refractivity contribution is 0.264. The molecule has 0 bridgehead atoms. The van der Waals surface area contributed by atoms with Crippen LogP contribution in [0.3, 0.4) is 0 Å². The van der Waals surface area contributed by atoms with Crippen molar-refractivity contribution in [3.05, 3.63) is 35.9 Å². The van der Waals surface area contributed by atoms with Crippen LogP contribution in [0.5, 0.6) is 11.5 Å². The molecule has 0 aliphatic rings. The summed E-state index contributed by atoms with van der Waals surface area (Å²) in [5, 5.41) is 0. The Morgan fingerprint density at radius 2 is 1.63 bits per heavy atom. The van der Waals surface area contributed by atoms with Crippen LogP contribution in [-0.4, -0.2) is 19.9 Å². The van der Waals surface area contributed by atoms with E-state index < -0.39 is 18.3 Å². The van der Waals surface area contributed by atoms with Gasteiger partial charge in [-0.2, -0.15) is 8.78 Å². The Labute approximate surface area is 110 Å². The molecule has 0 atom stereocenters. The number of alkyl halides is 1. The van der Waals surface area contributed by atoms with Crippen LogP contribution in [0, 0.1) is 11.6 Å². The first-order valence-electron chi connectivity index (χ1n) is 6.11. The molecule has 19 heavy (non-hydrogen) atoms. The fourth-order valence-electron chi connectivity index (χ4n) is 1.38. The Morgan fingerprint density at radius 1 is 1.05 bits per heavy atom.